The van der Waals surface area contributed by atoms with Crippen LogP contribution in [0.15, 0.2) is 0 Å². The van der Waals surface area contributed by atoms with Crippen LogP contribution in [0.1, 0.15) is 0 Å². The first kappa shape index (κ1) is 12.4. The highest BCUT2D eigenvalue weighted by Crippen LogP contribution is 2.07. The number of aliphatic carboxylic acids is 1. The Hall–Kier alpha value is 0.440. The van der Waals surface area contributed by atoms with Crippen LogP contribution in [0.3, 0.4) is 0 Å². The molecule has 0 amide bonds. The molecular weight excluding hydrogens is 218 g/mol. The van der Waals surface area contributed by atoms with Gasteiger partial charge < -0.3 is 10.2 Å². The van der Waals surface area contributed by atoms with E-state index < -0.39 is 18.6 Å². The molecular formula is C5H11NO3S3. The van der Waals surface area contributed by atoms with Crippen molar-refractivity contribution in [1.29, 1.82) is 0 Å². The van der Waals surface area contributed by atoms with Crippen molar-refractivity contribution in [2.45, 2.75) is 6.04 Å². The fraction of sp³-hybridized carbons (Fsp3) is 0.800. The molecule has 0 aromatic heterocycles. The zero-order valence-electron chi connectivity index (χ0n) is 6.27. The fourth-order valence-corrected chi connectivity index (χ4v) is 2.20. The normalized spacial score (nSPS) is 12.8. The minimum absolute atomic E-state index is 0.393. The van der Waals surface area contributed by atoms with Crippen LogP contribution < -0.4 is 4.72 Å². The van der Waals surface area contributed by atoms with E-state index in [1.165, 1.54) is 22.7 Å². The molecule has 0 aromatic carbocycles. The summed E-state index contributed by atoms with van der Waals surface area (Å²) in [5, 5.41) is 17.0. The average molecular weight is 229 g/mol. The van der Waals surface area contributed by atoms with Crippen LogP contribution in [-0.2, 0) is 4.79 Å². The van der Waals surface area contributed by atoms with Crippen molar-refractivity contribution in [2.75, 3.05) is 18.1 Å². The van der Waals surface area contributed by atoms with Gasteiger partial charge in [-0.25, -0.2) is 4.72 Å². The molecule has 72 valence electrons. The summed E-state index contributed by atoms with van der Waals surface area (Å²) in [6, 6.07) is -0.875. The van der Waals surface area contributed by atoms with E-state index in [0.717, 1.165) is 11.5 Å². The number of aliphatic hydroxyl groups is 1. The van der Waals surface area contributed by atoms with E-state index in [0.29, 0.717) is 0 Å². The third-order valence-electron chi connectivity index (χ3n) is 0.983. The molecule has 7 heteroatoms. The monoisotopic (exact) mass is 229 g/mol. The van der Waals surface area contributed by atoms with Crippen LogP contribution in [0.5, 0.6) is 0 Å². The van der Waals surface area contributed by atoms with Crippen molar-refractivity contribution < 1.29 is 15.0 Å². The van der Waals surface area contributed by atoms with Crippen LogP contribution in [0, 0.1) is 0 Å². The second kappa shape index (κ2) is 8.06. The number of hydrogen-bond donors (Lipinski definition) is 4. The molecule has 0 unspecified atom stereocenters. The molecule has 0 saturated heterocycles. The Morgan fingerprint density at radius 3 is 2.67 bits per heavy atom. The second-order valence-corrected chi connectivity index (χ2v) is 4.25. The van der Waals surface area contributed by atoms with Gasteiger partial charge in [-0.2, -0.15) is 0 Å². The zero-order valence-corrected chi connectivity index (χ0v) is 8.79. The van der Waals surface area contributed by atoms with Crippen molar-refractivity contribution >= 4 is 40.4 Å². The van der Waals surface area contributed by atoms with Gasteiger partial charge in [-0.05, 0) is 0 Å². The smallest absolute Gasteiger partial charge is 0.323 e. The molecule has 0 spiro atoms. The first-order chi connectivity index (χ1) is 5.72. The molecule has 4 nitrogen and oxygen atoms in total. The lowest BCUT2D eigenvalue weighted by molar-refractivity contribution is -0.139. The summed E-state index contributed by atoms with van der Waals surface area (Å²) in [6.45, 7) is -0.393. The number of hydrogen-bond acceptors (Lipinski definition) is 6. The lowest BCUT2D eigenvalue weighted by atomic mass is 10.3. The fourth-order valence-electron chi connectivity index (χ4n) is 0.404. The van der Waals surface area contributed by atoms with Crippen LogP contribution in [0.2, 0.25) is 0 Å². The molecule has 12 heavy (non-hydrogen) atoms. The molecule has 0 rings (SSSR count). The number of nitrogens with one attached hydrogen (secondary N) is 1. The number of rotatable bonds is 7. The van der Waals surface area contributed by atoms with E-state index in [-0.39, 0.29) is 0 Å². The SMILES string of the molecule is O=C(O)[C@H](CO)NSCCSS. The van der Waals surface area contributed by atoms with Gasteiger partial charge in [0.15, 0.2) is 0 Å². The van der Waals surface area contributed by atoms with E-state index in [9.17, 15) is 4.79 Å². The molecule has 1 atom stereocenters. The number of carboxylic acid groups (broad SMARTS) is 1. The van der Waals surface area contributed by atoms with E-state index >= 15 is 0 Å². The van der Waals surface area contributed by atoms with Gasteiger partial charge in [0, 0.05) is 11.5 Å². The van der Waals surface area contributed by atoms with Crippen molar-refractivity contribution in [1.82, 2.24) is 4.72 Å². The van der Waals surface area contributed by atoms with Gasteiger partial charge in [0.1, 0.15) is 6.04 Å². The summed E-state index contributed by atoms with van der Waals surface area (Å²) in [6.07, 6.45) is 0. The summed E-state index contributed by atoms with van der Waals surface area (Å²) in [5.74, 6) is 0.555. The number of thiol groups is 1. The highest BCUT2D eigenvalue weighted by molar-refractivity contribution is 8.68. The van der Waals surface area contributed by atoms with Gasteiger partial charge >= 0.3 is 5.97 Å². The van der Waals surface area contributed by atoms with Crippen LogP contribution >= 0.6 is 34.4 Å². The Morgan fingerprint density at radius 1 is 1.58 bits per heavy atom. The Labute approximate surface area is 84.4 Å². The van der Waals surface area contributed by atoms with Crippen LogP contribution in [0.4, 0.5) is 0 Å². The lowest BCUT2D eigenvalue weighted by Crippen LogP contribution is -2.35. The quantitative estimate of drug-likeness (QED) is 0.217. The van der Waals surface area contributed by atoms with E-state index in [1.807, 2.05) is 0 Å². The van der Waals surface area contributed by atoms with Crippen LogP contribution in [0.25, 0.3) is 0 Å². The molecule has 0 heterocycles. The van der Waals surface area contributed by atoms with Crippen molar-refractivity contribution in [3.63, 3.8) is 0 Å². The highest BCUT2D eigenvalue weighted by atomic mass is 33.1. The van der Waals surface area contributed by atoms with E-state index in [2.05, 4.69) is 16.4 Å². The molecule has 0 aliphatic rings. The standard InChI is InChI=1S/C5H11NO3S3/c7-3-4(5(8)9)6-11-1-2-12-10/h4,6-7,10H,1-3H2,(H,8,9)/t4-/m0/s1. The highest BCUT2D eigenvalue weighted by Gasteiger charge is 2.14. The van der Waals surface area contributed by atoms with Gasteiger partial charge in [0.05, 0.1) is 6.61 Å². The Balaban J connectivity index is 3.38. The summed E-state index contributed by atoms with van der Waals surface area (Å²) in [7, 11) is 1.39. The Morgan fingerprint density at radius 2 is 2.25 bits per heavy atom. The number of carbonyl (C=O) groups is 1. The number of carboxylic acids is 1. The van der Waals surface area contributed by atoms with Gasteiger partial charge in [0.25, 0.3) is 0 Å². The summed E-state index contributed by atoms with van der Waals surface area (Å²) < 4.78 is 2.62. The van der Waals surface area contributed by atoms with Crippen molar-refractivity contribution in [2.24, 2.45) is 0 Å². The van der Waals surface area contributed by atoms with Crippen molar-refractivity contribution in [3.05, 3.63) is 0 Å². The summed E-state index contributed by atoms with van der Waals surface area (Å²) >= 11 is 5.20. The maximum absolute atomic E-state index is 10.3. The Bertz CT molecular complexity index is 135. The topological polar surface area (TPSA) is 69.6 Å². The zero-order chi connectivity index (χ0) is 9.40. The third kappa shape index (κ3) is 6.01. The minimum Gasteiger partial charge on any atom is -0.480 e. The summed E-state index contributed by atoms with van der Waals surface area (Å²) in [5.41, 5.74) is 0. The Kier molecular flexibility index (Phi) is 8.35. The lowest BCUT2D eigenvalue weighted by Gasteiger charge is -2.09. The largest absolute Gasteiger partial charge is 0.480 e. The molecule has 0 aliphatic carbocycles. The molecule has 0 radical (unpaired) electrons. The molecule has 3 N–H and O–H groups in total. The third-order valence-corrected chi connectivity index (χ3v) is 3.04. The summed E-state index contributed by atoms with van der Waals surface area (Å²) in [4.78, 5) is 10.3. The molecule has 0 aromatic rings. The predicted octanol–water partition coefficient (Wildman–Crippen LogP) is 0.248. The molecule has 0 fully saturated rings. The van der Waals surface area contributed by atoms with E-state index in [1.54, 1.807) is 0 Å². The predicted molar refractivity (Wildman–Crippen MR) is 55.5 cm³/mol. The van der Waals surface area contributed by atoms with Gasteiger partial charge in [-0.1, -0.05) is 22.7 Å². The maximum Gasteiger partial charge on any atom is 0.323 e. The van der Waals surface area contributed by atoms with Crippen molar-refractivity contribution in [3.8, 4) is 0 Å². The van der Waals surface area contributed by atoms with Gasteiger partial charge in [-0.15, -0.1) is 11.7 Å². The first-order valence-corrected chi connectivity index (χ1v) is 6.22. The van der Waals surface area contributed by atoms with Gasteiger partial charge in [0.2, 0.25) is 0 Å². The molecule has 0 bridgehead atoms. The number of aliphatic hydroxyl groups excluding tert-OH is 1. The van der Waals surface area contributed by atoms with E-state index in [4.69, 9.17) is 10.2 Å². The van der Waals surface area contributed by atoms with Crippen LogP contribution in [-0.4, -0.2) is 40.3 Å². The molecule has 0 aliphatic heterocycles. The van der Waals surface area contributed by atoms with Gasteiger partial charge in [-0.3, -0.25) is 4.79 Å². The average Bonchev–Trinajstić information content (AvgIpc) is 2.04. The maximum atomic E-state index is 10.3. The minimum atomic E-state index is -1.04. The first-order valence-electron chi connectivity index (χ1n) is 3.19. The second-order valence-electron chi connectivity index (χ2n) is 1.87. The molecule has 0 saturated carbocycles.